The second-order valence-corrected chi connectivity index (χ2v) is 7.70. The maximum absolute atomic E-state index is 9.29. The van der Waals surface area contributed by atoms with E-state index in [2.05, 4.69) is 70.5 Å². The minimum absolute atomic E-state index is 0. The molecule has 2 N–H and O–H groups in total. The van der Waals surface area contributed by atoms with Crippen molar-refractivity contribution < 1.29 is 10.2 Å². The van der Waals surface area contributed by atoms with Crippen LogP contribution in [0.2, 0.25) is 0 Å². The Bertz CT molecular complexity index is 931. The molecule has 1 aliphatic rings. The van der Waals surface area contributed by atoms with Gasteiger partial charge in [-0.15, -0.1) is 12.4 Å². The highest BCUT2D eigenvalue weighted by Crippen LogP contribution is 2.50. The van der Waals surface area contributed by atoms with E-state index in [-0.39, 0.29) is 25.6 Å². The Labute approximate surface area is 176 Å². The molecule has 0 spiro atoms. The summed E-state index contributed by atoms with van der Waals surface area (Å²) in [6, 6.07) is 21.4. The molecule has 0 aliphatic carbocycles. The molecule has 0 unspecified atom stereocenters. The summed E-state index contributed by atoms with van der Waals surface area (Å²) in [5.74, 6) is 0. The molecule has 0 fully saturated rings. The van der Waals surface area contributed by atoms with Gasteiger partial charge in [-0.25, -0.2) is 0 Å². The van der Waals surface area contributed by atoms with Gasteiger partial charge in [-0.3, -0.25) is 4.90 Å². The summed E-state index contributed by atoms with van der Waals surface area (Å²) >= 11 is 1.84. The molecule has 6 heteroatoms. The number of hydrogen-bond acceptors (Lipinski definition) is 5. The van der Waals surface area contributed by atoms with Crippen molar-refractivity contribution >= 4 is 46.3 Å². The molecule has 3 aromatic rings. The normalized spacial score (nSPS) is 12.6. The molecule has 1 aliphatic heterocycles. The number of anilines is 2. The topological polar surface area (TPSA) is 46.9 Å². The van der Waals surface area contributed by atoms with Gasteiger partial charge in [-0.1, -0.05) is 54.2 Å². The first-order valence-corrected chi connectivity index (χ1v) is 10.1. The van der Waals surface area contributed by atoms with Crippen molar-refractivity contribution in [3.05, 3.63) is 60.7 Å². The lowest BCUT2D eigenvalue weighted by atomic mass is 10.1. The highest BCUT2D eigenvalue weighted by atomic mass is 35.5. The van der Waals surface area contributed by atoms with Gasteiger partial charge in [0.2, 0.25) is 0 Å². The van der Waals surface area contributed by atoms with E-state index in [4.69, 9.17) is 0 Å². The Morgan fingerprint density at radius 1 is 0.786 bits per heavy atom. The second-order valence-electron chi connectivity index (χ2n) is 6.65. The van der Waals surface area contributed by atoms with Crippen LogP contribution in [-0.4, -0.2) is 54.5 Å². The minimum Gasteiger partial charge on any atom is -0.395 e. The van der Waals surface area contributed by atoms with E-state index in [1.54, 1.807) is 0 Å². The summed E-state index contributed by atoms with van der Waals surface area (Å²) in [4.78, 5) is 7.03. The number of aliphatic hydroxyl groups is 2. The SMILES string of the molecule is Cl.OCCN(CCO)CCN1c2ccccc2Sc2c1ccc1ccccc21. The molecule has 148 valence electrons. The van der Waals surface area contributed by atoms with E-state index in [1.165, 1.54) is 31.9 Å². The smallest absolute Gasteiger partial charge is 0.0559 e. The van der Waals surface area contributed by atoms with Crippen molar-refractivity contribution in [3.63, 3.8) is 0 Å². The summed E-state index contributed by atoms with van der Waals surface area (Å²) in [6.07, 6.45) is 0. The van der Waals surface area contributed by atoms with E-state index in [0.29, 0.717) is 13.1 Å². The van der Waals surface area contributed by atoms with Crippen LogP contribution in [0.15, 0.2) is 70.5 Å². The zero-order valence-corrected chi connectivity index (χ0v) is 17.3. The van der Waals surface area contributed by atoms with Gasteiger partial charge in [-0.2, -0.15) is 0 Å². The number of hydrogen-bond donors (Lipinski definition) is 2. The lowest BCUT2D eigenvalue weighted by Gasteiger charge is -2.35. The number of nitrogens with zero attached hydrogens (tertiary/aromatic N) is 2. The predicted octanol–water partition coefficient (Wildman–Crippen LogP) is 4.15. The number of benzene rings is 3. The molecule has 0 amide bonds. The Morgan fingerprint density at radius 2 is 1.50 bits per heavy atom. The monoisotopic (exact) mass is 416 g/mol. The fraction of sp³-hybridized carbons (Fsp3) is 0.273. The van der Waals surface area contributed by atoms with Gasteiger partial charge < -0.3 is 15.1 Å². The Balaban J connectivity index is 0.00000225. The quantitative estimate of drug-likeness (QED) is 0.605. The van der Waals surface area contributed by atoms with Crippen LogP contribution < -0.4 is 4.90 Å². The second kappa shape index (κ2) is 9.63. The fourth-order valence-electron chi connectivity index (χ4n) is 3.66. The average molecular weight is 417 g/mol. The van der Waals surface area contributed by atoms with Crippen LogP contribution in [0, 0.1) is 0 Å². The van der Waals surface area contributed by atoms with E-state index in [0.717, 1.165) is 13.1 Å². The van der Waals surface area contributed by atoms with Crippen molar-refractivity contribution in [2.24, 2.45) is 0 Å². The average Bonchev–Trinajstić information content (AvgIpc) is 2.71. The number of halogens is 1. The third kappa shape index (κ3) is 4.14. The number of aliphatic hydroxyl groups excluding tert-OH is 2. The first-order chi connectivity index (χ1) is 13.3. The van der Waals surface area contributed by atoms with Gasteiger partial charge in [-0.05, 0) is 29.0 Å². The molecule has 3 aromatic carbocycles. The first kappa shape index (κ1) is 21.0. The van der Waals surface area contributed by atoms with Crippen LogP contribution in [0.4, 0.5) is 11.4 Å². The minimum atomic E-state index is 0. The summed E-state index contributed by atoms with van der Waals surface area (Å²) in [7, 11) is 0. The third-order valence-electron chi connectivity index (χ3n) is 4.99. The van der Waals surface area contributed by atoms with Crippen LogP contribution in [0.25, 0.3) is 10.8 Å². The van der Waals surface area contributed by atoms with Crippen molar-refractivity contribution in [1.29, 1.82) is 0 Å². The number of fused-ring (bicyclic) bond motifs is 4. The van der Waals surface area contributed by atoms with Crippen molar-refractivity contribution in [2.45, 2.75) is 9.79 Å². The summed E-state index contributed by atoms with van der Waals surface area (Å²) in [5, 5.41) is 21.1. The summed E-state index contributed by atoms with van der Waals surface area (Å²) in [5.41, 5.74) is 2.45. The Morgan fingerprint density at radius 3 is 2.29 bits per heavy atom. The largest absolute Gasteiger partial charge is 0.395 e. The molecule has 0 aromatic heterocycles. The van der Waals surface area contributed by atoms with Crippen LogP contribution in [-0.2, 0) is 0 Å². The summed E-state index contributed by atoms with van der Waals surface area (Å²) < 4.78 is 0. The van der Waals surface area contributed by atoms with Gasteiger partial charge in [0.15, 0.2) is 0 Å². The molecule has 0 radical (unpaired) electrons. The first-order valence-electron chi connectivity index (χ1n) is 9.32. The zero-order valence-electron chi connectivity index (χ0n) is 15.6. The fourth-order valence-corrected chi connectivity index (χ4v) is 4.89. The maximum atomic E-state index is 9.29. The maximum Gasteiger partial charge on any atom is 0.0559 e. The van der Waals surface area contributed by atoms with Crippen molar-refractivity contribution in [1.82, 2.24) is 4.90 Å². The van der Waals surface area contributed by atoms with Gasteiger partial charge in [0, 0.05) is 36.0 Å². The zero-order chi connectivity index (χ0) is 18.6. The van der Waals surface area contributed by atoms with Gasteiger partial charge >= 0.3 is 0 Å². The molecule has 28 heavy (non-hydrogen) atoms. The van der Waals surface area contributed by atoms with Crippen molar-refractivity contribution in [3.8, 4) is 0 Å². The molecular weight excluding hydrogens is 392 g/mol. The number of para-hydroxylation sites is 1. The molecule has 0 saturated carbocycles. The van der Waals surface area contributed by atoms with Gasteiger partial charge in [0.1, 0.15) is 0 Å². The third-order valence-corrected chi connectivity index (χ3v) is 6.19. The van der Waals surface area contributed by atoms with Crippen LogP contribution in [0.3, 0.4) is 0 Å². The van der Waals surface area contributed by atoms with E-state index >= 15 is 0 Å². The molecular formula is C22H25ClN2O2S. The molecule has 4 rings (SSSR count). The standard InChI is InChI=1S/C22H24N2O2S.ClH/c25-15-13-23(14-16-26)11-12-24-19-7-3-4-8-21(19)27-22-18-6-2-1-5-17(18)9-10-20(22)24;/h1-10,25-26H,11-16H2;1H. The molecule has 0 bridgehead atoms. The van der Waals surface area contributed by atoms with Crippen LogP contribution in [0.1, 0.15) is 0 Å². The number of rotatable bonds is 7. The Hall–Kier alpha value is -1.76. The lowest BCUT2D eigenvalue weighted by Crippen LogP contribution is -2.37. The van der Waals surface area contributed by atoms with Crippen LogP contribution >= 0.6 is 24.2 Å². The lowest BCUT2D eigenvalue weighted by molar-refractivity contribution is 0.164. The molecule has 0 atom stereocenters. The molecule has 4 nitrogen and oxygen atoms in total. The summed E-state index contributed by atoms with van der Waals surface area (Å²) in [6.45, 7) is 2.96. The molecule has 1 heterocycles. The van der Waals surface area contributed by atoms with E-state index in [1.807, 2.05) is 11.8 Å². The van der Waals surface area contributed by atoms with E-state index < -0.39 is 0 Å². The van der Waals surface area contributed by atoms with Gasteiger partial charge in [0.25, 0.3) is 0 Å². The van der Waals surface area contributed by atoms with Gasteiger partial charge in [0.05, 0.1) is 24.6 Å². The molecule has 0 saturated heterocycles. The van der Waals surface area contributed by atoms with Crippen LogP contribution in [0.5, 0.6) is 0 Å². The highest BCUT2D eigenvalue weighted by Gasteiger charge is 2.24. The Kier molecular flexibility index (Phi) is 7.21. The van der Waals surface area contributed by atoms with E-state index in [9.17, 15) is 10.2 Å². The highest BCUT2D eigenvalue weighted by molar-refractivity contribution is 8.00. The van der Waals surface area contributed by atoms with Crippen molar-refractivity contribution in [2.75, 3.05) is 44.3 Å². The predicted molar refractivity (Wildman–Crippen MR) is 119 cm³/mol.